The summed E-state index contributed by atoms with van der Waals surface area (Å²) >= 11 is 0. The van der Waals surface area contributed by atoms with Crippen molar-refractivity contribution in [3.05, 3.63) is 48.3 Å². The van der Waals surface area contributed by atoms with Gasteiger partial charge in [-0.25, -0.2) is 0 Å². The van der Waals surface area contributed by atoms with Crippen molar-refractivity contribution in [2.24, 2.45) is 0 Å². The van der Waals surface area contributed by atoms with Crippen molar-refractivity contribution in [2.75, 3.05) is 11.9 Å². The summed E-state index contributed by atoms with van der Waals surface area (Å²) in [7, 11) is 0. The van der Waals surface area contributed by atoms with Crippen LogP contribution in [0.5, 0.6) is 5.75 Å². The molecule has 0 amide bonds. The van der Waals surface area contributed by atoms with Crippen LogP contribution in [-0.2, 0) is 6.54 Å². The van der Waals surface area contributed by atoms with Gasteiger partial charge in [-0.1, -0.05) is 12.1 Å². The highest BCUT2D eigenvalue weighted by atomic mass is 19.4. The molecule has 1 aromatic heterocycles. The molecular weight excluding hydrogens is 257 g/mol. The van der Waals surface area contributed by atoms with Crippen LogP contribution in [0.25, 0.3) is 0 Å². The van der Waals surface area contributed by atoms with E-state index in [2.05, 4.69) is 10.3 Å². The van der Waals surface area contributed by atoms with Crippen LogP contribution >= 0.6 is 0 Å². The zero-order chi connectivity index (χ0) is 13.7. The van der Waals surface area contributed by atoms with E-state index in [-0.39, 0.29) is 5.75 Å². The number of para-hydroxylation sites is 2. The van der Waals surface area contributed by atoms with Crippen LogP contribution in [-0.4, -0.2) is 17.8 Å². The maximum Gasteiger partial charge on any atom is 0.422 e. The zero-order valence-electron chi connectivity index (χ0n) is 10.00. The highest BCUT2D eigenvalue weighted by Crippen LogP contribution is 2.26. The number of anilines is 1. The van der Waals surface area contributed by atoms with Gasteiger partial charge in [0.15, 0.2) is 6.61 Å². The van der Waals surface area contributed by atoms with Crippen molar-refractivity contribution in [3.63, 3.8) is 0 Å². The summed E-state index contributed by atoms with van der Waals surface area (Å²) < 4.78 is 41.2. The van der Waals surface area contributed by atoms with Gasteiger partial charge in [-0.15, -0.1) is 0 Å². The fourth-order valence-corrected chi connectivity index (χ4v) is 1.57. The average molecular weight is 270 g/mol. The summed E-state index contributed by atoms with van der Waals surface area (Å²) in [5, 5.41) is 3.03. The Morgan fingerprint density at radius 1 is 1.11 bits per heavy atom. The van der Waals surface area contributed by atoms with E-state index in [4.69, 9.17) is 4.74 Å². The van der Waals surface area contributed by atoms with Gasteiger partial charge in [-0.2, -0.15) is 13.2 Å². The Balaban J connectivity index is 1.99. The highest BCUT2D eigenvalue weighted by Gasteiger charge is 2.28. The minimum Gasteiger partial charge on any atom is -0.482 e. The molecule has 6 heteroatoms. The van der Waals surface area contributed by atoms with Crippen LogP contribution in [0, 0.1) is 0 Å². The molecule has 0 aliphatic heterocycles. The van der Waals surface area contributed by atoms with Gasteiger partial charge < -0.3 is 15.0 Å². The highest BCUT2D eigenvalue weighted by molar-refractivity contribution is 5.56. The Bertz CT molecular complexity index is 509. The Labute approximate surface area is 108 Å². The number of ether oxygens (including phenoxy) is 1. The molecule has 0 atom stereocenters. The molecule has 1 heterocycles. The maximum absolute atomic E-state index is 12.1. The number of hydrogen-bond donors (Lipinski definition) is 2. The molecule has 0 fully saturated rings. The first-order chi connectivity index (χ1) is 9.04. The largest absolute Gasteiger partial charge is 0.482 e. The fourth-order valence-electron chi connectivity index (χ4n) is 1.57. The van der Waals surface area contributed by atoms with E-state index in [9.17, 15) is 13.2 Å². The summed E-state index contributed by atoms with van der Waals surface area (Å²) in [5.74, 6) is 0.186. The molecule has 3 nitrogen and oxygen atoms in total. The molecule has 0 saturated heterocycles. The number of aromatic nitrogens is 1. The second-order valence-electron chi connectivity index (χ2n) is 3.95. The average Bonchev–Trinajstić information content (AvgIpc) is 2.87. The van der Waals surface area contributed by atoms with Crippen molar-refractivity contribution in [1.82, 2.24) is 4.98 Å². The van der Waals surface area contributed by atoms with Crippen LogP contribution in [0.15, 0.2) is 42.6 Å². The lowest BCUT2D eigenvalue weighted by atomic mass is 10.3. The van der Waals surface area contributed by atoms with Crippen molar-refractivity contribution < 1.29 is 17.9 Å². The van der Waals surface area contributed by atoms with Gasteiger partial charge in [0.2, 0.25) is 0 Å². The standard InChI is InChI=1S/C13H13F3N2O/c14-13(15,16)9-19-12-6-2-1-5-11(12)18-8-10-4-3-7-17-10/h1-7,17-18H,8-9H2. The molecule has 1 aromatic carbocycles. The molecule has 2 aromatic rings. The van der Waals surface area contributed by atoms with Gasteiger partial charge in [-0.05, 0) is 24.3 Å². The van der Waals surface area contributed by atoms with Crippen LogP contribution in [0.1, 0.15) is 5.69 Å². The lowest BCUT2D eigenvalue weighted by Gasteiger charge is -2.14. The molecular formula is C13H13F3N2O. The number of H-pyrrole nitrogens is 1. The van der Waals surface area contributed by atoms with E-state index in [1.165, 1.54) is 6.07 Å². The molecule has 0 unspecified atom stereocenters. The summed E-state index contributed by atoms with van der Waals surface area (Å²) in [6.45, 7) is -0.812. The quantitative estimate of drug-likeness (QED) is 0.871. The monoisotopic (exact) mass is 270 g/mol. The number of alkyl halides is 3. The number of hydrogen-bond acceptors (Lipinski definition) is 2. The first kappa shape index (κ1) is 13.3. The van der Waals surface area contributed by atoms with Crippen LogP contribution in [0.2, 0.25) is 0 Å². The van der Waals surface area contributed by atoms with E-state index < -0.39 is 12.8 Å². The van der Waals surface area contributed by atoms with Crippen molar-refractivity contribution in [3.8, 4) is 5.75 Å². The lowest BCUT2D eigenvalue weighted by Crippen LogP contribution is -2.19. The Kier molecular flexibility index (Phi) is 3.99. The van der Waals surface area contributed by atoms with Gasteiger partial charge >= 0.3 is 6.18 Å². The summed E-state index contributed by atoms with van der Waals surface area (Å²) in [4.78, 5) is 3.00. The Morgan fingerprint density at radius 3 is 2.58 bits per heavy atom. The van der Waals surface area contributed by atoms with E-state index >= 15 is 0 Å². The molecule has 0 aliphatic carbocycles. The Morgan fingerprint density at radius 2 is 1.89 bits per heavy atom. The third-order valence-electron chi connectivity index (χ3n) is 2.41. The number of aromatic amines is 1. The predicted octanol–water partition coefficient (Wildman–Crippen LogP) is 3.57. The van der Waals surface area contributed by atoms with E-state index in [1.807, 2.05) is 12.1 Å². The van der Waals surface area contributed by atoms with Gasteiger partial charge in [0, 0.05) is 11.9 Å². The molecule has 2 N–H and O–H groups in total. The van der Waals surface area contributed by atoms with Gasteiger partial charge in [0.05, 0.1) is 12.2 Å². The molecule has 0 aliphatic rings. The number of benzene rings is 1. The summed E-state index contributed by atoms with van der Waals surface area (Å²) in [5.41, 5.74) is 1.46. The molecule has 2 rings (SSSR count). The first-order valence-corrected chi connectivity index (χ1v) is 5.69. The van der Waals surface area contributed by atoms with E-state index in [0.29, 0.717) is 12.2 Å². The van der Waals surface area contributed by atoms with E-state index in [1.54, 1.807) is 24.4 Å². The molecule has 0 bridgehead atoms. The molecule has 0 radical (unpaired) electrons. The number of rotatable bonds is 5. The number of nitrogens with one attached hydrogen (secondary N) is 2. The number of halogens is 3. The minimum atomic E-state index is -4.34. The second kappa shape index (κ2) is 5.69. The second-order valence-corrected chi connectivity index (χ2v) is 3.95. The Hall–Kier alpha value is -2.11. The normalized spacial score (nSPS) is 11.3. The van der Waals surface area contributed by atoms with Crippen LogP contribution in [0.3, 0.4) is 0 Å². The lowest BCUT2D eigenvalue weighted by molar-refractivity contribution is -0.153. The van der Waals surface area contributed by atoms with Gasteiger partial charge in [0.1, 0.15) is 5.75 Å². The van der Waals surface area contributed by atoms with Crippen molar-refractivity contribution >= 4 is 5.69 Å². The topological polar surface area (TPSA) is 37.0 Å². The van der Waals surface area contributed by atoms with Crippen molar-refractivity contribution in [2.45, 2.75) is 12.7 Å². The maximum atomic E-state index is 12.1. The van der Waals surface area contributed by atoms with Gasteiger partial charge in [-0.3, -0.25) is 0 Å². The van der Waals surface area contributed by atoms with Crippen molar-refractivity contribution in [1.29, 1.82) is 0 Å². The third-order valence-corrected chi connectivity index (χ3v) is 2.41. The summed E-state index contributed by atoms with van der Waals surface area (Å²) in [6.07, 6.45) is -2.56. The van der Waals surface area contributed by atoms with E-state index in [0.717, 1.165) is 5.69 Å². The zero-order valence-corrected chi connectivity index (χ0v) is 10.00. The first-order valence-electron chi connectivity index (χ1n) is 5.69. The predicted molar refractivity (Wildman–Crippen MR) is 66.1 cm³/mol. The molecule has 102 valence electrons. The van der Waals surface area contributed by atoms with Gasteiger partial charge in [0.25, 0.3) is 0 Å². The van der Waals surface area contributed by atoms with Crippen LogP contribution < -0.4 is 10.1 Å². The smallest absolute Gasteiger partial charge is 0.422 e. The van der Waals surface area contributed by atoms with Crippen LogP contribution in [0.4, 0.5) is 18.9 Å². The molecule has 0 saturated carbocycles. The SMILES string of the molecule is FC(F)(F)COc1ccccc1NCc1ccc[nH]1. The third kappa shape index (κ3) is 4.24. The molecule has 0 spiro atoms. The molecule has 19 heavy (non-hydrogen) atoms. The summed E-state index contributed by atoms with van der Waals surface area (Å²) in [6, 6.07) is 10.3. The minimum absolute atomic E-state index is 0.186. The fraction of sp³-hybridized carbons (Fsp3) is 0.231.